The second kappa shape index (κ2) is 13.2. The molecule has 5 aromatic rings. The van der Waals surface area contributed by atoms with Crippen LogP contribution in [0.4, 0.5) is 0 Å². The van der Waals surface area contributed by atoms with Gasteiger partial charge in [0.1, 0.15) is 0 Å². The topological polar surface area (TPSA) is 195 Å². The Morgan fingerprint density at radius 2 is 1.25 bits per heavy atom. The van der Waals surface area contributed by atoms with Gasteiger partial charge in [0.2, 0.25) is 5.91 Å². The molecule has 0 spiro atoms. The van der Waals surface area contributed by atoms with Crippen molar-refractivity contribution in [3.63, 3.8) is 0 Å². The molecule has 6 N–H and O–H groups in total. The van der Waals surface area contributed by atoms with E-state index in [1.165, 1.54) is 6.07 Å². The minimum Gasteiger partial charge on any atom is -0.478 e. The molecule has 12 nitrogen and oxygen atoms in total. The molecule has 5 aromatic carbocycles. The average molecular weight is 603 g/mol. The van der Waals surface area contributed by atoms with Gasteiger partial charge in [0.05, 0.1) is 68.5 Å². The number of ether oxygens (including phenoxy) is 3. The van der Waals surface area contributed by atoms with E-state index < -0.39 is 34.9 Å². The molecule has 0 fully saturated rings. The van der Waals surface area contributed by atoms with Crippen molar-refractivity contribution < 1.29 is 48.7 Å². The summed E-state index contributed by atoms with van der Waals surface area (Å²) in [5, 5.41) is 35.4. The van der Waals surface area contributed by atoms with Gasteiger partial charge >= 0.3 is 11.9 Å². The molecule has 0 heterocycles. The van der Waals surface area contributed by atoms with Gasteiger partial charge in [0.15, 0.2) is 0 Å². The second-order valence-corrected chi connectivity index (χ2v) is 9.91. The van der Waals surface area contributed by atoms with Gasteiger partial charge < -0.3 is 40.6 Å². The fourth-order valence-corrected chi connectivity index (χ4v) is 5.69. The number of aliphatic hydroxyl groups excluding tert-OH is 1. The number of fused-ring (bicyclic) bond motifs is 2. The number of carbonyl (C=O) groups is 4. The Hall–Kier alpha value is -4.88. The van der Waals surface area contributed by atoms with E-state index in [0.717, 1.165) is 16.2 Å². The van der Waals surface area contributed by atoms with Crippen LogP contribution in [0.1, 0.15) is 41.4 Å². The number of benzene rings is 5. The van der Waals surface area contributed by atoms with Gasteiger partial charge in [-0.3, -0.25) is 9.59 Å². The Bertz CT molecular complexity index is 1900. The number of nitrogens with one attached hydrogen (secondary N) is 1. The first-order valence-electron chi connectivity index (χ1n) is 13.9. The summed E-state index contributed by atoms with van der Waals surface area (Å²) in [5.74, 6) is -4.93. The van der Waals surface area contributed by atoms with Crippen LogP contribution in [0, 0.1) is 0 Å². The third-order valence-electron chi connectivity index (χ3n) is 7.35. The van der Waals surface area contributed by atoms with Crippen LogP contribution in [-0.4, -0.2) is 91.9 Å². The fourth-order valence-electron chi connectivity index (χ4n) is 5.69. The zero-order valence-electron chi connectivity index (χ0n) is 23.6. The minimum absolute atomic E-state index is 0.0437. The van der Waals surface area contributed by atoms with E-state index in [-0.39, 0.29) is 66.9 Å². The van der Waals surface area contributed by atoms with Crippen LogP contribution in [0.25, 0.3) is 43.1 Å². The molecule has 5 rings (SSSR count). The number of nitrogens with two attached hydrogens (primary N) is 1. The van der Waals surface area contributed by atoms with Crippen molar-refractivity contribution in [2.75, 3.05) is 52.8 Å². The fraction of sp³-hybridized carbons (Fsp3) is 0.250. The molecule has 0 aliphatic rings. The van der Waals surface area contributed by atoms with Gasteiger partial charge in [-0.2, -0.15) is 0 Å². The SMILES string of the molecule is NC(=O)c1c(C(=O)NCCOCCOCCOCCO)c(C(=O)O)c2c(C(=O)O)ccc3c4cccc5cccc(c1c23)c54. The summed E-state index contributed by atoms with van der Waals surface area (Å²) >= 11 is 0. The third kappa shape index (κ3) is 5.58. The predicted molar refractivity (Wildman–Crippen MR) is 162 cm³/mol. The number of aromatic carboxylic acids is 2. The minimum atomic E-state index is -1.59. The lowest BCUT2D eigenvalue weighted by Crippen LogP contribution is -2.32. The van der Waals surface area contributed by atoms with E-state index >= 15 is 0 Å². The summed E-state index contributed by atoms with van der Waals surface area (Å²) < 4.78 is 15.9. The Balaban J connectivity index is 1.59. The molecule has 0 bridgehead atoms. The van der Waals surface area contributed by atoms with Crippen molar-refractivity contribution in [3.8, 4) is 0 Å². The molecule has 12 heteroatoms. The standard InChI is InChI=1S/C32H30N2O10/c33-29(36)26-24-20-6-2-4-17-3-1-5-18(22(17)20)19-7-8-21(31(38)39)25(23(19)24)28(32(40)41)27(26)30(37)34-9-11-42-13-15-44-16-14-43-12-10-35/h1-8,35H,9-16H2,(H2,33,36)(H,34,37)(H,38,39)(H,40,41). The summed E-state index contributed by atoms with van der Waals surface area (Å²) in [6.45, 7) is 1.25. The number of carboxylic acids is 2. The number of primary amides is 1. The highest BCUT2D eigenvalue weighted by Crippen LogP contribution is 2.45. The van der Waals surface area contributed by atoms with Crippen LogP contribution >= 0.6 is 0 Å². The molecule has 44 heavy (non-hydrogen) atoms. The Morgan fingerprint density at radius 3 is 1.86 bits per heavy atom. The zero-order chi connectivity index (χ0) is 31.4. The number of carboxylic acid groups (broad SMARTS) is 2. The summed E-state index contributed by atoms with van der Waals surface area (Å²) in [5.41, 5.74) is 4.10. The number of hydrogen-bond acceptors (Lipinski definition) is 8. The van der Waals surface area contributed by atoms with Gasteiger partial charge in [0, 0.05) is 17.3 Å². The average Bonchev–Trinajstić information content (AvgIpc) is 3.00. The highest BCUT2D eigenvalue weighted by atomic mass is 16.5. The first kappa shape index (κ1) is 30.6. The van der Waals surface area contributed by atoms with Crippen LogP contribution in [0.2, 0.25) is 0 Å². The van der Waals surface area contributed by atoms with Gasteiger partial charge in [-0.05, 0) is 38.4 Å². The highest BCUT2D eigenvalue weighted by molar-refractivity contribution is 6.40. The number of rotatable bonds is 15. The van der Waals surface area contributed by atoms with E-state index in [9.17, 15) is 29.4 Å². The Kier molecular flexibility index (Phi) is 9.16. The summed E-state index contributed by atoms with van der Waals surface area (Å²) in [4.78, 5) is 52.1. The number of aliphatic hydroxyl groups is 1. The molecule has 0 radical (unpaired) electrons. The van der Waals surface area contributed by atoms with Gasteiger partial charge in [-0.25, -0.2) is 9.59 Å². The molecule has 228 valence electrons. The van der Waals surface area contributed by atoms with E-state index in [1.807, 2.05) is 24.3 Å². The number of amides is 2. The molecule has 0 saturated carbocycles. The quantitative estimate of drug-likeness (QED) is 0.0675. The van der Waals surface area contributed by atoms with Crippen molar-refractivity contribution in [2.45, 2.75) is 0 Å². The lowest BCUT2D eigenvalue weighted by molar-refractivity contribution is 0.00824. The van der Waals surface area contributed by atoms with Crippen molar-refractivity contribution in [2.24, 2.45) is 5.73 Å². The highest BCUT2D eigenvalue weighted by Gasteiger charge is 2.33. The number of carbonyl (C=O) groups excluding carboxylic acids is 2. The zero-order valence-corrected chi connectivity index (χ0v) is 23.6. The molecule has 2 amide bonds. The summed E-state index contributed by atoms with van der Waals surface area (Å²) in [6, 6.07) is 13.8. The Morgan fingerprint density at radius 1 is 0.636 bits per heavy atom. The lowest BCUT2D eigenvalue weighted by atomic mass is 9.81. The monoisotopic (exact) mass is 602 g/mol. The Labute approximate surface area is 250 Å². The van der Waals surface area contributed by atoms with Crippen molar-refractivity contribution in [1.29, 1.82) is 0 Å². The molecular weight excluding hydrogens is 572 g/mol. The van der Waals surface area contributed by atoms with Crippen LogP contribution in [-0.2, 0) is 14.2 Å². The van der Waals surface area contributed by atoms with Gasteiger partial charge in [-0.15, -0.1) is 0 Å². The van der Waals surface area contributed by atoms with Crippen molar-refractivity contribution in [1.82, 2.24) is 5.32 Å². The third-order valence-corrected chi connectivity index (χ3v) is 7.35. The maximum Gasteiger partial charge on any atom is 0.337 e. The largest absolute Gasteiger partial charge is 0.478 e. The maximum absolute atomic E-state index is 13.7. The van der Waals surface area contributed by atoms with Crippen molar-refractivity contribution in [3.05, 3.63) is 70.8 Å². The molecule has 0 aliphatic heterocycles. The van der Waals surface area contributed by atoms with Crippen LogP contribution in [0.15, 0.2) is 48.5 Å². The molecule has 0 unspecified atom stereocenters. The number of hydrogen-bond donors (Lipinski definition) is 5. The maximum atomic E-state index is 13.7. The molecular formula is C32H30N2O10. The second-order valence-electron chi connectivity index (χ2n) is 9.91. The predicted octanol–water partition coefficient (Wildman–Crippen LogP) is 3.00. The molecule has 0 aromatic heterocycles. The van der Waals surface area contributed by atoms with Crippen LogP contribution in [0.3, 0.4) is 0 Å². The van der Waals surface area contributed by atoms with Crippen molar-refractivity contribution >= 4 is 66.8 Å². The van der Waals surface area contributed by atoms with Crippen LogP contribution in [0.5, 0.6) is 0 Å². The lowest BCUT2D eigenvalue weighted by Gasteiger charge is -2.22. The van der Waals surface area contributed by atoms with E-state index in [0.29, 0.717) is 24.0 Å². The normalized spacial score (nSPS) is 11.6. The molecule has 0 aliphatic carbocycles. The van der Waals surface area contributed by atoms with E-state index in [1.54, 1.807) is 18.2 Å². The van der Waals surface area contributed by atoms with Crippen LogP contribution < -0.4 is 11.1 Å². The first-order valence-corrected chi connectivity index (χ1v) is 13.9. The first-order chi connectivity index (χ1) is 21.3. The summed E-state index contributed by atoms with van der Waals surface area (Å²) in [6.07, 6.45) is 0. The molecule has 0 saturated heterocycles. The van der Waals surface area contributed by atoms with Gasteiger partial charge in [0.25, 0.3) is 5.91 Å². The summed E-state index contributed by atoms with van der Waals surface area (Å²) in [7, 11) is 0. The van der Waals surface area contributed by atoms with E-state index in [2.05, 4.69) is 5.32 Å². The smallest absolute Gasteiger partial charge is 0.337 e. The van der Waals surface area contributed by atoms with Gasteiger partial charge in [-0.1, -0.05) is 42.5 Å². The molecule has 0 atom stereocenters. The van der Waals surface area contributed by atoms with E-state index in [4.69, 9.17) is 25.1 Å².